The minimum absolute atomic E-state index is 0.688. The Morgan fingerprint density at radius 2 is 1.95 bits per heavy atom. The molecule has 3 aliphatic rings. The lowest BCUT2D eigenvalue weighted by atomic mass is 9.63. The molecule has 0 amide bonds. The first-order valence-corrected chi connectivity index (χ1v) is 7.52. The van der Waals surface area contributed by atoms with Crippen LogP contribution in [-0.2, 0) is 17.8 Å². The number of anilines is 1. The molecule has 1 spiro atoms. The summed E-state index contributed by atoms with van der Waals surface area (Å²) in [7, 11) is 0. The second-order valence-corrected chi connectivity index (χ2v) is 6.27. The molecule has 2 fully saturated rings. The number of hydrogen-bond donors (Lipinski definition) is 0. The summed E-state index contributed by atoms with van der Waals surface area (Å²) in [5.41, 5.74) is 3.12. The summed E-state index contributed by atoms with van der Waals surface area (Å²) in [4.78, 5) is 11.4. The Labute approximate surface area is 114 Å². The van der Waals surface area contributed by atoms with E-state index in [1.807, 2.05) is 0 Å². The van der Waals surface area contributed by atoms with Crippen LogP contribution in [0.25, 0.3) is 0 Å². The lowest BCUT2D eigenvalue weighted by molar-refractivity contribution is 0.0937. The molecule has 1 aromatic heterocycles. The van der Waals surface area contributed by atoms with E-state index < -0.39 is 0 Å². The third-order valence-electron chi connectivity index (χ3n) is 5.28. The molecule has 2 aliphatic heterocycles. The van der Waals surface area contributed by atoms with Crippen LogP contribution in [0.4, 0.5) is 5.82 Å². The number of rotatable bonds is 1. The molecule has 1 saturated carbocycles. The Balaban J connectivity index is 1.56. The summed E-state index contributed by atoms with van der Waals surface area (Å²) >= 11 is 0. The van der Waals surface area contributed by atoms with Crippen molar-refractivity contribution in [2.45, 2.75) is 45.1 Å². The maximum atomic E-state index is 5.59. The highest BCUT2D eigenvalue weighted by Crippen LogP contribution is 2.49. The molecule has 4 nitrogen and oxygen atoms in total. The number of piperidine rings is 1. The zero-order chi connectivity index (χ0) is 12.7. The highest BCUT2D eigenvalue weighted by atomic mass is 16.5. The van der Waals surface area contributed by atoms with Crippen LogP contribution in [0, 0.1) is 5.41 Å². The average molecular weight is 259 g/mol. The number of fused-ring (bicyclic) bond motifs is 1. The van der Waals surface area contributed by atoms with Gasteiger partial charge in [0.1, 0.15) is 12.1 Å². The fourth-order valence-electron chi connectivity index (χ4n) is 3.79. The molecule has 1 aliphatic carbocycles. The van der Waals surface area contributed by atoms with Crippen molar-refractivity contribution in [2.75, 3.05) is 24.6 Å². The largest absolute Gasteiger partial charge is 0.376 e. The van der Waals surface area contributed by atoms with E-state index in [1.165, 1.54) is 43.4 Å². The van der Waals surface area contributed by atoms with Gasteiger partial charge in [0.05, 0.1) is 18.9 Å². The van der Waals surface area contributed by atoms with Gasteiger partial charge in [0.15, 0.2) is 0 Å². The highest BCUT2D eigenvalue weighted by molar-refractivity contribution is 5.49. The summed E-state index contributed by atoms with van der Waals surface area (Å²) in [6.45, 7) is 3.80. The van der Waals surface area contributed by atoms with Crippen LogP contribution in [0.15, 0.2) is 6.33 Å². The molecular weight excluding hydrogens is 238 g/mol. The fourth-order valence-corrected chi connectivity index (χ4v) is 3.79. The first-order valence-electron chi connectivity index (χ1n) is 7.52. The Morgan fingerprint density at radius 1 is 1.11 bits per heavy atom. The summed E-state index contributed by atoms with van der Waals surface area (Å²) in [5, 5.41) is 0. The number of aromatic nitrogens is 2. The van der Waals surface area contributed by atoms with Crippen LogP contribution in [0.1, 0.15) is 43.4 Å². The molecule has 0 aromatic carbocycles. The van der Waals surface area contributed by atoms with Crippen LogP contribution in [0.3, 0.4) is 0 Å². The van der Waals surface area contributed by atoms with Crippen molar-refractivity contribution in [3.8, 4) is 0 Å². The third kappa shape index (κ3) is 1.93. The Kier molecular flexibility index (Phi) is 2.72. The molecule has 4 heteroatoms. The van der Waals surface area contributed by atoms with Gasteiger partial charge in [0.25, 0.3) is 0 Å². The minimum Gasteiger partial charge on any atom is -0.376 e. The van der Waals surface area contributed by atoms with Crippen molar-refractivity contribution in [3.63, 3.8) is 0 Å². The molecule has 1 aromatic rings. The van der Waals surface area contributed by atoms with E-state index in [0.29, 0.717) is 12.0 Å². The molecule has 0 bridgehead atoms. The highest BCUT2D eigenvalue weighted by Gasteiger charge is 2.40. The monoisotopic (exact) mass is 259 g/mol. The normalized spacial score (nSPS) is 24.9. The second-order valence-electron chi connectivity index (χ2n) is 6.27. The third-order valence-corrected chi connectivity index (χ3v) is 5.28. The van der Waals surface area contributed by atoms with Gasteiger partial charge in [-0.15, -0.1) is 0 Å². The van der Waals surface area contributed by atoms with Crippen LogP contribution in [0.5, 0.6) is 0 Å². The van der Waals surface area contributed by atoms with E-state index in [9.17, 15) is 0 Å². The predicted octanol–water partition coefficient (Wildman–Crippen LogP) is 2.32. The average Bonchev–Trinajstić information content (AvgIpc) is 2.45. The lowest BCUT2D eigenvalue weighted by Gasteiger charge is -2.48. The van der Waals surface area contributed by atoms with Crippen molar-refractivity contribution in [1.29, 1.82) is 0 Å². The van der Waals surface area contributed by atoms with Gasteiger partial charge in [-0.05, 0) is 31.1 Å². The standard InChI is InChI=1S/C15H21N3O/c1-3-15(4-1)5-7-18(8-6-15)14-12-10-19-9-2-13(12)16-11-17-14/h11H,1-10H2. The van der Waals surface area contributed by atoms with Gasteiger partial charge in [0.2, 0.25) is 0 Å². The van der Waals surface area contributed by atoms with Gasteiger partial charge in [-0.2, -0.15) is 0 Å². The van der Waals surface area contributed by atoms with Gasteiger partial charge in [0, 0.05) is 25.1 Å². The topological polar surface area (TPSA) is 38.2 Å². The van der Waals surface area contributed by atoms with E-state index in [0.717, 1.165) is 31.9 Å². The van der Waals surface area contributed by atoms with Gasteiger partial charge in [-0.25, -0.2) is 9.97 Å². The molecular formula is C15H21N3O. The number of nitrogens with zero attached hydrogens (tertiary/aromatic N) is 3. The van der Waals surface area contributed by atoms with E-state index in [2.05, 4.69) is 14.9 Å². The summed E-state index contributed by atoms with van der Waals surface area (Å²) in [6.07, 6.45) is 9.68. The Bertz CT molecular complexity index is 474. The zero-order valence-electron chi connectivity index (χ0n) is 11.4. The van der Waals surface area contributed by atoms with E-state index in [1.54, 1.807) is 6.33 Å². The first-order chi connectivity index (χ1) is 9.36. The summed E-state index contributed by atoms with van der Waals surface area (Å²) in [5.74, 6) is 1.14. The predicted molar refractivity (Wildman–Crippen MR) is 73.1 cm³/mol. The molecule has 0 radical (unpaired) electrons. The molecule has 0 atom stereocenters. The number of hydrogen-bond acceptors (Lipinski definition) is 4. The van der Waals surface area contributed by atoms with Crippen LogP contribution < -0.4 is 4.90 Å². The molecule has 0 N–H and O–H groups in total. The fraction of sp³-hybridized carbons (Fsp3) is 0.733. The maximum Gasteiger partial charge on any atom is 0.137 e. The zero-order valence-corrected chi connectivity index (χ0v) is 11.4. The first kappa shape index (κ1) is 11.6. The van der Waals surface area contributed by atoms with Gasteiger partial charge in [-0.3, -0.25) is 0 Å². The van der Waals surface area contributed by atoms with Gasteiger partial charge in [-0.1, -0.05) is 6.42 Å². The molecule has 19 heavy (non-hydrogen) atoms. The second kappa shape index (κ2) is 4.44. The Hall–Kier alpha value is -1.16. The molecule has 4 rings (SSSR count). The van der Waals surface area contributed by atoms with Crippen molar-refractivity contribution < 1.29 is 4.74 Å². The minimum atomic E-state index is 0.688. The van der Waals surface area contributed by atoms with E-state index in [-0.39, 0.29) is 0 Å². The molecule has 1 saturated heterocycles. The van der Waals surface area contributed by atoms with Crippen molar-refractivity contribution in [2.24, 2.45) is 5.41 Å². The molecule has 102 valence electrons. The van der Waals surface area contributed by atoms with Crippen molar-refractivity contribution in [1.82, 2.24) is 9.97 Å². The smallest absolute Gasteiger partial charge is 0.137 e. The van der Waals surface area contributed by atoms with E-state index in [4.69, 9.17) is 4.74 Å². The van der Waals surface area contributed by atoms with Crippen molar-refractivity contribution >= 4 is 5.82 Å². The van der Waals surface area contributed by atoms with Crippen LogP contribution in [0.2, 0.25) is 0 Å². The van der Waals surface area contributed by atoms with Crippen LogP contribution in [-0.4, -0.2) is 29.7 Å². The molecule has 3 heterocycles. The summed E-state index contributed by atoms with van der Waals surface area (Å²) in [6, 6.07) is 0. The molecule has 0 unspecified atom stereocenters. The maximum absolute atomic E-state index is 5.59. The Morgan fingerprint density at radius 3 is 2.68 bits per heavy atom. The lowest BCUT2D eigenvalue weighted by Crippen LogP contribution is -2.44. The van der Waals surface area contributed by atoms with Crippen molar-refractivity contribution in [3.05, 3.63) is 17.6 Å². The van der Waals surface area contributed by atoms with Gasteiger partial charge < -0.3 is 9.64 Å². The summed E-state index contributed by atoms with van der Waals surface area (Å²) < 4.78 is 5.59. The SMILES string of the molecule is c1nc2c(c(N3CCC4(CCC4)CC3)n1)COCC2. The van der Waals surface area contributed by atoms with E-state index >= 15 is 0 Å². The number of ether oxygens (including phenoxy) is 1. The van der Waals surface area contributed by atoms with Crippen LogP contribution >= 0.6 is 0 Å². The quantitative estimate of drug-likeness (QED) is 0.776. The van der Waals surface area contributed by atoms with Gasteiger partial charge >= 0.3 is 0 Å².